The average molecular weight is 577 g/mol. The van der Waals surface area contributed by atoms with Gasteiger partial charge in [-0.2, -0.15) is 12.7 Å². The quantitative estimate of drug-likeness (QED) is 0.383. The Balaban J connectivity index is 1.17. The van der Waals surface area contributed by atoms with Crippen molar-refractivity contribution >= 4 is 50.7 Å². The van der Waals surface area contributed by atoms with Crippen LogP contribution in [-0.4, -0.2) is 36.2 Å². The number of amidine groups is 1. The van der Waals surface area contributed by atoms with E-state index in [0.29, 0.717) is 33.8 Å². The Bertz CT molecular complexity index is 1580. The Kier molecular flexibility index (Phi) is 8.06. The molecule has 0 aromatic heterocycles. The number of carbonyl (C=O) groups is 2. The molecule has 2 fully saturated rings. The van der Waals surface area contributed by atoms with E-state index in [1.54, 1.807) is 30.3 Å². The van der Waals surface area contributed by atoms with Gasteiger partial charge in [0.2, 0.25) is 5.91 Å². The van der Waals surface area contributed by atoms with E-state index in [9.17, 15) is 18.0 Å². The Labute approximate surface area is 237 Å². The highest BCUT2D eigenvalue weighted by molar-refractivity contribution is 8.18. The number of thioether (sulfide) groups is 1. The number of amides is 2. The van der Waals surface area contributed by atoms with Crippen molar-refractivity contribution < 1.29 is 22.7 Å². The first kappa shape index (κ1) is 27.6. The number of aliphatic imine (C=N–C) groups is 1. The monoisotopic (exact) mass is 576 g/mol. The molecule has 2 amide bonds. The standard InChI is InChI=1S/C29H28N4O5S2/c1-19(2)23-9-3-22(4-10-23)18-38-25-13-7-20(8-14-25)15-26-28(35)31-29(39-26)30-24-11-5-21(6-12-24)16-33-17-27(34)32-40(33,36)37/h3-15,19H,16-18H2,1-2H3,(H,32,34)(H,30,31,35)/b26-15-. The predicted molar refractivity (Wildman–Crippen MR) is 156 cm³/mol. The van der Waals surface area contributed by atoms with Crippen LogP contribution in [0, 0.1) is 0 Å². The molecule has 2 N–H and O–H groups in total. The molecule has 2 aliphatic heterocycles. The molecule has 0 bridgehead atoms. The van der Waals surface area contributed by atoms with Crippen LogP contribution >= 0.6 is 11.8 Å². The van der Waals surface area contributed by atoms with E-state index in [2.05, 4.69) is 48.4 Å². The molecule has 5 rings (SSSR count). The van der Waals surface area contributed by atoms with Crippen LogP contribution in [0.25, 0.3) is 6.08 Å². The SMILES string of the molecule is CC(C)c1ccc(COc2ccc(/C=C3\SC(=Nc4ccc(CN5CC(=O)NS5(=O)=O)cc4)NC3=O)cc2)cc1. The molecule has 0 unspecified atom stereocenters. The molecule has 40 heavy (non-hydrogen) atoms. The summed E-state index contributed by atoms with van der Waals surface area (Å²) in [4.78, 5) is 28.9. The summed E-state index contributed by atoms with van der Waals surface area (Å²) < 4.78 is 32.8. The Morgan fingerprint density at radius 1 is 0.975 bits per heavy atom. The first-order valence-electron chi connectivity index (χ1n) is 12.7. The molecule has 3 aromatic rings. The summed E-state index contributed by atoms with van der Waals surface area (Å²) in [5.74, 6) is 0.456. The fourth-order valence-electron chi connectivity index (χ4n) is 4.08. The first-order valence-corrected chi connectivity index (χ1v) is 14.9. The number of ether oxygens (including phenoxy) is 1. The second-order valence-electron chi connectivity index (χ2n) is 9.70. The second kappa shape index (κ2) is 11.7. The molecule has 206 valence electrons. The molecule has 9 nitrogen and oxygen atoms in total. The van der Waals surface area contributed by atoms with Crippen molar-refractivity contribution in [2.75, 3.05) is 6.54 Å². The van der Waals surface area contributed by atoms with Gasteiger partial charge in [0.25, 0.3) is 5.91 Å². The van der Waals surface area contributed by atoms with Crippen LogP contribution in [0.15, 0.2) is 82.7 Å². The zero-order valence-corrected chi connectivity index (χ0v) is 23.6. The minimum atomic E-state index is -3.78. The van der Waals surface area contributed by atoms with Crippen LogP contribution < -0.4 is 14.8 Å². The number of carbonyl (C=O) groups excluding carboxylic acids is 2. The minimum absolute atomic E-state index is 0.0749. The molecule has 2 aliphatic rings. The summed E-state index contributed by atoms with van der Waals surface area (Å²) in [6.07, 6.45) is 1.80. The third-order valence-electron chi connectivity index (χ3n) is 6.31. The van der Waals surface area contributed by atoms with Gasteiger partial charge < -0.3 is 10.1 Å². The van der Waals surface area contributed by atoms with Crippen molar-refractivity contribution in [2.24, 2.45) is 4.99 Å². The molecule has 0 saturated carbocycles. The van der Waals surface area contributed by atoms with Crippen LogP contribution in [-0.2, 0) is 33.0 Å². The van der Waals surface area contributed by atoms with Gasteiger partial charge in [0.1, 0.15) is 12.4 Å². The summed E-state index contributed by atoms with van der Waals surface area (Å²) in [6.45, 7) is 4.69. The molecule has 3 aromatic carbocycles. The lowest BCUT2D eigenvalue weighted by Gasteiger charge is -2.12. The van der Waals surface area contributed by atoms with Crippen molar-refractivity contribution in [3.8, 4) is 5.75 Å². The maximum absolute atomic E-state index is 12.5. The van der Waals surface area contributed by atoms with Crippen molar-refractivity contribution in [3.05, 3.63) is 100.0 Å². The summed E-state index contributed by atoms with van der Waals surface area (Å²) in [5.41, 5.74) is 4.58. The van der Waals surface area contributed by atoms with Crippen LogP contribution in [0.4, 0.5) is 5.69 Å². The maximum atomic E-state index is 12.5. The van der Waals surface area contributed by atoms with E-state index in [1.807, 2.05) is 29.0 Å². The predicted octanol–water partition coefficient (Wildman–Crippen LogP) is 4.46. The molecule has 0 atom stereocenters. The summed E-state index contributed by atoms with van der Waals surface area (Å²) in [5, 5.41) is 3.22. The van der Waals surface area contributed by atoms with Gasteiger partial charge in [-0.25, -0.2) is 9.71 Å². The van der Waals surface area contributed by atoms with Crippen LogP contribution in [0.2, 0.25) is 0 Å². The molecule has 0 aliphatic carbocycles. The summed E-state index contributed by atoms with van der Waals surface area (Å²) in [6, 6.07) is 22.9. The molecule has 0 radical (unpaired) electrons. The fraction of sp³-hybridized carbons (Fsp3) is 0.207. The van der Waals surface area contributed by atoms with Crippen LogP contribution in [0.3, 0.4) is 0 Å². The smallest absolute Gasteiger partial charge is 0.304 e. The third-order valence-corrected chi connectivity index (χ3v) is 8.64. The number of nitrogens with zero attached hydrogens (tertiary/aromatic N) is 2. The van der Waals surface area contributed by atoms with Gasteiger partial charge in [-0.05, 0) is 70.3 Å². The average Bonchev–Trinajstić information content (AvgIpc) is 3.40. The van der Waals surface area contributed by atoms with Crippen LogP contribution in [0.5, 0.6) is 5.75 Å². The molecule has 11 heteroatoms. The largest absolute Gasteiger partial charge is 0.489 e. The molecule has 2 saturated heterocycles. The first-order chi connectivity index (χ1) is 19.1. The summed E-state index contributed by atoms with van der Waals surface area (Å²) >= 11 is 1.24. The van der Waals surface area contributed by atoms with E-state index < -0.39 is 16.1 Å². The van der Waals surface area contributed by atoms with Gasteiger partial charge >= 0.3 is 10.2 Å². The Morgan fingerprint density at radius 3 is 2.27 bits per heavy atom. The lowest BCUT2D eigenvalue weighted by molar-refractivity contribution is -0.118. The van der Waals surface area contributed by atoms with E-state index in [4.69, 9.17) is 4.74 Å². The van der Waals surface area contributed by atoms with Gasteiger partial charge in [-0.1, -0.05) is 62.4 Å². The zero-order chi connectivity index (χ0) is 28.3. The van der Waals surface area contributed by atoms with Crippen molar-refractivity contribution in [1.82, 2.24) is 14.3 Å². The number of benzene rings is 3. The zero-order valence-electron chi connectivity index (χ0n) is 22.0. The van der Waals surface area contributed by atoms with E-state index in [-0.39, 0.29) is 19.0 Å². The topological polar surface area (TPSA) is 117 Å². The highest BCUT2D eigenvalue weighted by Crippen LogP contribution is 2.29. The van der Waals surface area contributed by atoms with Gasteiger partial charge in [0, 0.05) is 6.54 Å². The highest BCUT2D eigenvalue weighted by atomic mass is 32.2. The summed E-state index contributed by atoms with van der Waals surface area (Å²) in [7, 11) is -3.78. The lowest BCUT2D eigenvalue weighted by atomic mass is 10.0. The molecule has 2 heterocycles. The minimum Gasteiger partial charge on any atom is -0.489 e. The van der Waals surface area contributed by atoms with Crippen LogP contribution in [0.1, 0.15) is 42.0 Å². The van der Waals surface area contributed by atoms with E-state index in [1.165, 1.54) is 17.3 Å². The molecular formula is C29H28N4O5S2. The highest BCUT2D eigenvalue weighted by Gasteiger charge is 2.33. The number of rotatable bonds is 8. The third kappa shape index (κ3) is 6.79. The fourth-order valence-corrected chi connectivity index (χ4v) is 6.01. The lowest BCUT2D eigenvalue weighted by Crippen LogP contribution is -2.29. The normalized spacial score (nSPS) is 18.9. The van der Waals surface area contributed by atoms with Crippen molar-refractivity contribution in [3.63, 3.8) is 0 Å². The number of hydrogen-bond donors (Lipinski definition) is 2. The number of hydrogen-bond acceptors (Lipinski definition) is 7. The van der Waals surface area contributed by atoms with Gasteiger partial charge in [0.05, 0.1) is 17.1 Å². The van der Waals surface area contributed by atoms with Crippen molar-refractivity contribution in [2.45, 2.75) is 32.9 Å². The van der Waals surface area contributed by atoms with E-state index >= 15 is 0 Å². The molecular weight excluding hydrogens is 548 g/mol. The van der Waals surface area contributed by atoms with E-state index in [0.717, 1.165) is 21.2 Å². The molecule has 0 spiro atoms. The van der Waals surface area contributed by atoms with Gasteiger partial charge in [-0.3, -0.25) is 9.59 Å². The van der Waals surface area contributed by atoms with Crippen molar-refractivity contribution in [1.29, 1.82) is 0 Å². The van der Waals surface area contributed by atoms with Gasteiger partial charge in [-0.15, -0.1) is 0 Å². The van der Waals surface area contributed by atoms with Gasteiger partial charge in [0.15, 0.2) is 5.17 Å². The number of nitrogens with one attached hydrogen (secondary N) is 2. The second-order valence-corrected chi connectivity index (χ2v) is 12.4. The Morgan fingerprint density at radius 2 is 1.65 bits per heavy atom. The Hall–Kier alpha value is -3.93. The maximum Gasteiger partial charge on any atom is 0.304 e.